The molecular weight excluding hydrogens is 367 g/mol. The topological polar surface area (TPSA) is 55.6 Å². The molecule has 0 heterocycles. The molecule has 4 nitrogen and oxygen atoms in total. The van der Waals surface area contributed by atoms with Crippen LogP contribution in [0.2, 0.25) is 0 Å². The van der Waals surface area contributed by atoms with E-state index in [1.807, 2.05) is 24.3 Å². The van der Waals surface area contributed by atoms with Gasteiger partial charge in [0.25, 0.3) is 5.91 Å². The van der Waals surface area contributed by atoms with Gasteiger partial charge in [-0.05, 0) is 59.0 Å². The van der Waals surface area contributed by atoms with Crippen molar-refractivity contribution >= 4 is 39.9 Å². The number of para-hydroxylation sites is 1. The largest absolute Gasteiger partial charge is 0.483 e. The molecule has 2 N–H and O–H groups in total. The summed E-state index contributed by atoms with van der Waals surface area (Å²) in [5, 5.41) is 0. The fourth-order valence-corrected chi connectivity index (χ4v) is 2.18. The van der Waals surface area contributed by atoms with Crippen molar-refractivity contribution in [3.05, 3.63) is 52.1 Å². The lowest BCUT2D eigenvalue weighted by Crippen LogP contribution is -2.31. The Morgan fingerprint density at radius 1 is 1.20 bits per heavy atom. The Morgan fingerprint density at radius 3 is 2.50 bits per heavy atom. The van der Waals surface area contributed by atoms with E-state index in [0.29, 0.717) is 11.4 Å². The average molecular weight is 382 g/mol. The third-order valence-corrected chi connectivity index (χ3v) is 3.73. The van der Waals surface area contributed by atoms with Gasteiger partial charge in [0.1, 0.15) is 5.75 Å². The fraction of sp³-hybridized carbons (Fsp3) is 0.133. The molecule has 0 spiro atoms. The summed E-state index contributed by atoms with van der Waals surface area (Å²) in [7, 11) is 1.72. The third kappa shape index (κ3) is 3.63. The molecule has 20 heavy (non-hydrogen) atoms. The maximum atomic E-state index is 12.1. The van der Waals surface area contributed by atoms with Crippen molar-refractivity contribution in [2.75, 3.05) is 24.3 Å². The summed E-state index contributed by atoms with van der Waals surface area (Å²) in [6, 6.07) is 14.7. The minimum atomic E-state index is -0.116. The van der Waals surface area contributed by atoms with E-state index in [4.69, 9.17) is 10.5 Å². The summed E-state index contributed by atoms with van der Waals surface area (Å²) in [5.74, 6) is 0.599. The number of hydrogen-bond donors (Lipinski definition) is 1. The van der Waals surface area contributed by atoms with E-state index in [1.54, 1.807) is 36.2 Å². The number of amides is 1. The van der Waals surface area contributed by atoms with Crippen molar-refractivity contribution in [2.45, 2.75) is 0 Å². The number of carbonyl (C=O) groups is 1. The van der Waals surface area contributed by atoms with E-state index in [0.717, 1.165) is 9.26 Å². The van der Waals surface area contributed by atoms with Crippen LogP contribution in [0.15, 0.2) is 48.5 Å². The minimum absolute atomic E-state index is 0.000884. The van der Waals surface area contributed by atoms with E-state index in [9.17, 15) is 4.79 Å². The first kappa shape index (κ1) is 14.6. The number of carbonyl (C=O) groups excluding carboxylic acids is 1. The normalized spacial score (nSPS) is 10.1. The number of benzene rings is 2. The van der Waals surface area contributed by atoms with E-state index >= 15 is 0 Å². The quantitative estimate of drug-likeness (QED) is 0.654. The van der Waals surface area contributed by atoms with Crippen molar-refractivity contribution in [3.8, 4) is 5.75 Å². The van der Waals surface area contributed by atoms with Gasteiger partial charge in [0.2, 0.25) is 0 Å². The number of rotatable bonds is 4. The number of ether oxygens (including phenoxy) is 1. The molecule has 0 radical (unpaired) electrons. The first-order valence-corrected chi connectivity index (χ1v) is 7.15. The predicted molar refractivity (Wildman–Crippen MR) is 88.9 cm³/mol. The van der Waals surface area contributed by atoms with Crippen molar-refractivity contribution in [1.29, 1.82) is 0 Å². The molecule has 0 atom stereocenters. The smallest absolute Gasteiger partial charge is 0.264 e. The van der Waals surface area contributed by atoms with Gasteiger partial charge in [0, 0.05) is 18.4 Å². The monoisotopic (exact) mass is 382 g/mol. The Kier molecular flexibility index (Phi) is 4.84. The van der Waals surface area contributed by atoms with Gasteiger partial charge in [-0.3, -0.25) is 4.79 Å². The highest BCUT2D eigenvalue weighted by Crippen LogP contribution is 2.20. The van der Waals surface area contributed by atoms with Gasteiger partial charge < -0.3 is 15.4 Å². The van der Waals surface area contributed by atoms with Crippen LogP contribution >= 0.6 is 22.6 Å². The SMILES string of the molecule is CN(C(=O)COc1ccccc1I)c1ccc(N)cc1. The molecule has 0 saturated heterocycles. The Bertz CT molecular complexity index is 599. The Balaban J connectivity index is 1.98. The van der Waals surface area contributed by atoms with Crippen LogP contribution in [0, 0.1) is 3.57 Å². The van der Waals surface area contributed by atoms with Crippen LogP contribution in [0.4, 0.5) is 11.4 Å². The molecule has 0 bridgehead atoms. The van der Waals surface area contributed by atoms with Crippen molar-refractivity contribution in [1.82, 2.24) is 0 Å². The highest BCUT2D eigenvalue weighted by Gasteiger charge is 2.12. The molecule has 104 valence electrons. The van der Waals surface area contributed by atoms with Crippen molar-refractivity contribution < 1.29 is 9.53 Å². The molecule has 0 aliphatic rings. The molecule has 2 aromatic rings. The summed E-state index contributed by atoms with van der Waals surface area (Å²) >= 11 is 2.18. The second-order valence-electron chi connectivity index (χ2n) is 4.26. The van der Waals surface area contributed by atoms with Gasteiger partial charge in [-0.1, -0.05) is 12.1 Å². The standard InChI is InChI=1S/C15H15IN2O2/c1-18(12-8-6-11(17)7-9-12)15(19)10-20-14-5-3-2-4-13(14)16/h2-9H,10,17H2,1H3. The number of halogens is 1. The zero-order valence-corrected chi connectivity index (χ0v) is 13.2. The maximum Gasteiger partial charge on any atom is 0.264 e. The Labute approximate surface area is 131 Å². The van der Waals surface area contributed by atoms with Crippen LogP contribution in [-0.4, -0.2) is 19.6 Å². The number of nitrogens with zero attached hydrogens (tertiary/aromatic N) is 1. The molecule has 2 rings (SSSR count). The van der Waals surface area contributed by atoms with Crippen molar-refractivity contribution in [3.63, 3.8) is 0 Å². The Hall–Kier alpha value is -1.76. The number of likely N-dealkylation sites (N-methyl/N-ethyl adjacent to an activating group) is 1. The number of nitrogen functional groups attached to an aromatic ring is 1. The summed E-state index contributed by atoms with van der Waals surface area (Å²) in [6.45, 7) is 0.000884. The summed E-state index contributed by atoms with van der Waals surface area (Å²) in [4.78, 5) is 13.6. The molecule has 0 saturated carbocycles. The lowest BCUT2D eigenvalue weighted by molar-refractivity contribution is -0.120. The summed E-state index contributed by atoms with van der Waals surface area (Å²) in [6.07, 6.45) is 0. The zero-order valence-electron chi connectivity index (χ0n) is 11.0. The third-order valence-electron chi connectivity index (χ3n) is 2.84. The highest BCUT2D eigenvalue weighted by molar-refractivity contribution is 14.1. The minimum Gasteiger partial charge on any atom is -0.483 e. The number of nitrogens with two attached hydrogens (primary N) is 1. The number of hydrogen-bond acceptors (Lipinski definition) is 3. The van der Waals surface area contributed by atoms with Crippen LogP contribution < -0.4 is 15.4 Å². The van der Waals surface area contributed by atoms with Crippen LogP contribution in [0.3, 0.4) is 0 Å². The molecule has 0 fully saturated rings. The second-order valence-corrected chi connectivity index (χ2v) is 5.43. The predicted octanol–water partition coefficient (Wildman–Crippen LogP) is 2.92. The lowest BCUT2D eigenvalue weighted by Gasteiger charge is -2.18. The van der Waals surface area contributed by atoms with Gasteiger partial charge >= 0.3 is 0 Å². The van der Waals surface area contributed by atoms with Gasteiger partial charge in [0.15, 0.2) is 6.61 Å². The molecule has 1 amide bonds. The Morgan fingerprint density at radius 2 is 1.85 bits per heavy atom. The van der Waals surface area contributed by atoms with E-state index in [1.165, 1.54) is 0 Å². The van der Waals surface area contributed by atoms with Crippen LogP contribution in [-0.2, 0) is 4.79 Å². The highest BCUT2D eigenvalue weighted by atomic mass is 127. The van der Waals surface area contributed by atoms with Gasteiger partial charge in [-0.25, -0.2) is 0 Å². The molecule has 0 unspecified atom stereocenters. The molecule has 0 aliphatic carbocycles. The van der Waals surface area contributed by atoms with E-state index in [2.05, 4.69) is 22.6 Å². The molecule has 5 heteroatoms. The van der Waals surface area contributed by atoms with Crippen molar-refractivity contribution in [2.24, 2.45) is 0 Å². The lowest BCUT2D eigenvalue weighted by atomic mass is 10.2. The van der Waals surface area contributed by atoms with Gasteiger partial charge in [-0.15, -0.1) is 0 Å². The van der Waals surface area contributed by atoms with E-state index in [-0.39, 0.29) is 12.5 Å². The summed E-state index contributed by atoms with van der Waals surface area (Å²) < 4.78 is 6.52. The van der Waals surface area contributed by atoms with Crippen LogP contribution in [0.25, 0.3) is 0 Å². The van der Waals surface area contributed by atoms with Crippen LogP contribution in [0.5, 0.6) is 5.75 Å². The van der Waals surface area contributed by atoms with E-state index < -0.39 is 0 Å². The van der Waals surface area contributed by atoms with Gasteiger partial charge in [-0.2, -0.15) is 0 Å². The number of anilines is 2. The molecule has 2 aromatic carbocycles. The van der Waals surface area contributed by atoms with Crippen LogP contribution in [0.1, 0.15) is 0 Å². The van der Waals surface area contributed by atoms with Gasteiger partial charge in [0.05, 0.1) is 3.57 Å². The molecule has 0 aromatic heterocycles. The average Bonchev–Trinajstić information content (AvgIpc) is 2.46. The fourth-order valence-electron chi connectivity index (χ4n) is 1.64. The second kappa shape index (κ2) is 6.60. The first-order valence-electron chi connectivity index (χ1n) is 6.07. The summed E-state index contributed by atoms with van der Waals surface area (Å²) in [5.41, 5.74) is 7.08. The first-order chi connectivity index (χ1) is 9.58. The molecule has 0 aliphatic heterocycles. The zero-order chi connectivity index (χ0) is 14.5. The molecular formula is C15H15IN2O2. The maximum absolute atomic E-state index is 12.1.